The van der Waals surface area contributed by atoms with E-state index in [9.17, 15) is 4.79 Å². The summed E-state index contributed by atoms with van der Waals surface area (Å²) in [7, 11) is 0. The van der Waals surface area contributed by atoms with Crippen molar-refractivity contribution in [1.29, 1.82) is 0 Å². The first-order valence-corrected chi connectivity index (χ1v) is 11.3. The van der Waals surface area contributed by atoms with Crippen LogP contribution in [0.25, 0.3) is 11.4 Å². The molecule has 0 amide bonds. The Kier molecular flexibility index (Phi) is 5.37. The van der Waals surface area contributed by atoms with E-state index in [1.807, 2.05) is 11.6 Å². The molecule has 0 spiro atoms. The number of nitrogens with zero attached hydrogens (tertiary/aromatic N) is 2. The Hall–Kier alpha value is -2.36. The van der Waals surface area contributed by atoms with Gasteiger partial charge in [0.15, 0.2) is 5.78 Å². The number of ketones is 1. The number of rotatable bonds is 4. The van der Waals surface area contributed by atoms with Gasteiger partial charge in [0, 0.05) is 17.7 Å². The third-order valence-corrected chi connectivity index (χ3v) is 7.04. The molecule has 2 aromatic rings. The van der Waals surface area contributed by atoms with Crippen LogP contribution in [-0.2, 0) is 12.8 Å². The van der Waals surface area contributed by atoms with Gasteiger partial charge in [0.2, 0.25) is 0 Å². The van der Waals surface area contributed by atoms with Gasteiger partial charge in [-0.3, -0.25) is 4.79 Å². The summed E-state index contributed by atoms with van der Waals surface area (Å²) in [6.45, 7) is 12.6. The van der Waals surface area contributed by atoms with Gasteiger partial charge in [0.05, 0.1) is 22.6 Å². The Morgan fingerprint density at radius 3 is 2.60 bits per heavy atom. The van der Waals surface area contributed by atoms with Crippen LogP contribution in [0.15, 0.2) is 24.8 Å². The molecule has 0 unspecified atom stereocenters. The van der Waals surface area contributed by atoms with Crippen LogP contribution in [0.1, 0.15) is 85.7 Å². The molecule has 160 valence electrons. The summed E-state index contributed by atoms with van der Waals surface area (Å²) in [6, 6.07) is 6.38. The number of aryl methyl sites for hydroxylation is 1. The maximum atomic E-state index is 12.8. The van der Waals surface area contributed by atoms with Crippen molar-refractivity contribution in [3.05, 3.63) is 52.9 Å². The van der Waals surface area contributed by atoms with E-state index in [0.29, 0.717) is 18.0 Å². The molecule has 1 aromatic carbocycles. The number of fused-ring (bicyclic) bond motifs is 1. The molecule has 2 aliphatic carbocycles. The highest BCUT2D eigenvalue weighted by atomic mass is 16.1. The average Bonchev–Trinajstić information content (AvgIpc) is 2.98. The SMILES string of the molecule is C=C(N)c1ccc(-n2nc(C)c3c2CC(C)(C)CC3=O)cc1CC1CCC(C)CC1. The summed E-state index contributed by atoms with van der Waals surface area (Å²) in [5.41, 5.74) is 12.7. The van der Waals surface area contributed by atoms with Gasteiger partial charge in [-0.2, -0.15) is 5.10 Å². The van der Waals surface area contributed by atoms with Crippen LogP contribution in [-0.4, -0.2) is 15.6 Å². The summed E-state index contributed by atoms with van der Waals surface area (Å²) in [5.74, 6) is 1.76. The van der Waals surface area contributed by atoms with Gasteiger partial charge in [0.25, 0.3) is 0 Å². The Labute approximate surface area is 180 Å². The highest BCUT2D eigenvalue weighted by molar-refractivity contribution is 5.99. The van der Waals surface area contributed by atoms with Crippen molar-refractivity contribution in [3.63, 3.8) is 0 Å². The number of carbonyl (C=O) groups excluding carboxylic acids is 1. The fourth-order valence-electron chi connectivity index (χ4n) is 5.39. The van der Waals surface area contributed by atoms with E-state index >= 15 is 0 Å². The second-order valence-corrected chi connectivity index (χ2v) is 10.5. The van der Waals surface area contributed by atoms with Crippen LogP contribution in [0.4, 0.5) is 0 Å². The van der Waals surface area contributed by atoms with Gasteiger partial charge in [-0.1, -0.05) is 46.3 Å². The smallest absolute Gasteiger partial charge is 0.167 e. The second-order valence-electron chi connectivity index (χ2n) is 10.5. The minimum atomic E-state index is -0.0403. The van der Waals surface area contributed by atoms with E-state index in [1.165, 1.54) is 31.2 Å². The number of Topliss-reactive ketones (excluding diaryl/α,β-unsaturated/α-hetero) is 1. The maximum absolute atomic E-state index is 12.8. The molecule has 1 heterocycles. The Balaban J connectivity index is 1.73. The molecule has 0 aliphatic heterocycles. The van der Waals surface area contributed by atoms with Crippen LogP contribution in [0, 0.1) is 24.2 Å². The van der Waals surface area contributed by atoms with Crippen molar-refractivity contribution in [2.24, 2.45) is 23.0 Å². The number of carbonyl (C=O) groups is 1. The van der Waals surface area contributed by atoms with Gasteiger partial charge in [-0.15, -0.1) is 0 Å². The lowest BCUT2D eigenvalue weighted by Gasteiger charge is -2.29. The average molecular weight is 406 g/mol. The first-order valence-electron chi connectivity index (χ1n) is 11.3. The normalized spacial score (nSPS) is 23.3. The van der Waals surface area contributed by atoms with Crippen LogP contribution in [0.3, 0.4) is 0 Å². The van der Waals surface area contributed by atoms with Gasteiger partial charge in [-0.05, 0) is 67.6 Å². The molecule has 4 heteroatoms. The number of hydrogen-bond acceptors (Lipinski definition) is 3. The number of nitrogens with two attached hydrogens (primary N) is 1. The van der Waals surface area contributed by atoms with E-state index in [1.54, 1.807) is 0 Å². The Bertz CT molecular complexity index is 990. The standard InChI is InChI=1S/C26H35N3O/c1-16-6-8-19(9-7-16)12-20-13-21(10-11-22(20)17(2)27)29-23-14-26(4,5)15-24(30)25(23)18(3)28-29/h10-11,13,16,19H,2,6-9,12,14-15,27H2,1,3-5H3. The van der Waals surface area contributed by atoms with Gasteiger partial charge >= 0.3 is 0 Å². The van der Waals surface area contributed by atoms with Crippen LogP contribution < -0.4 is 5.73 Å². The predicted octanol–water partition coefficient (Wildman–Crippen LogP) is 5.63. The molecule has 0 atom stereocenters. The van der Waals surface area contributed by atoms with Crippen molar-refractivity contribution in [1.82, 2.24) is 9.78 Å². The minimum absolute atomic E-state index is 0.0403. The highest BCUT2D eigenvalue weighted by Gasteiger charge is 2.35. The third-order valence-electron chi connectivity index (χ3n) is 7.04. The van der Waals surface area contributed by atoms with E-state index < -0.39 is 0 Å². The minimum Gasteiger partial charge on any atom is -0.399 e. The third kappa shape index (κ3) is 3.97. The van der Waals surface area contributed by atoms with Crippen molar-refractivity contribution >= 4 is 11.5 Å². The summed E-state index contributed by atoms with van der Waals surface area (Å²) < 4.78 is 2.00. The van der Waals surface area contributed by atoms with E-state index in [-0.39, 0.29) is 11.2 Å². The first kappa shape index (κ1) is 20.9. The molecule has 0 radical (unpaired) electrons. The summed E-state index contributed by atoms with van der Waals surface area (Å²) in [4.78, 5) is 12.8. The van der Waals surface area contributed by atoms with E-state index in [4.69, 9.17) is 10.8 Å². The molecule has 2 N–H and O–H groups in total. The quantitative estimate of drug-likeness (QED) is 0.716. The number of hydrogen-bond donors (Lipinski definition) is 1. The molecule has 0 saturated heterocycles. The molecule has 0 bridgehead atoms. The molecule has 1 fully saturated rings. The summed E-state index contributed by atoms with van der Waals surface area (Å²) >= 11 is 0. The molecule has 30 heavy (non-hydrogen) atoms. The number of benzene rings is 1. The molecule has 4 nitrogen and oxygen atoms in total. The molecular weight excluding hydrogens is 370 g/mol. The zero-order valence-corrected chi connectivity index (χ0v) is 18.9. The van der Waals surface area contributed by atoms with Gasteiger partial charge in [0.1, 0.15) is 0 Å². The lowest BCUT2D eigenvalue weighted by molar-refractivity contribution is 0.0910. The second kappa shape index (κ2) is 7.72. The van der Waals surface area contributed by atoms with Crippen molar-refractivity contribution in [2.45, 2.75) is 72.6 Å². The fraction of sp³-hybridized carbons (Fsp3) is 0.538. The topological polar surface area (TPSA) is 60.9 Å². The molecular formula is C26H35N3O. The molecule has 1 saturated carbocycles. The largest absolute Gasteiger partial charge is 0.399 e. The van der Waals surface area contributed by atoms with Crippen LogP contribution >= 0.6 is 0 Å². The lowest BCUT2D eigenvalue weighted by atomic mass is 9.75. The highest BCUT2D eigenvalue weighted by Crippen LogP contribution is 2.38. The Morgan fingerprint density at radius 2 is 1.93 bits per heavy atom. The molecule has 4 rings (SSSR count). The zero-order chi connectivity index (χ0) is 21.6. The van der Waals surface area contributed by atoms with Crippen molar-refractivity contribution in [2.75, 3.05) is 0 Å². The van der Waals surface area contributed by atoms with Gasteiger partial charge in [-0.25, -0.2) is 4.68 Å². The van der Waals surface area contributed by atoms with Crippen LogP contribution in [0.5, 0.6) is 0 Å². The summed E-state index contributed by atoms with van der Waals surface area (Å²) in [6.07, 6.45) is 7.65. The maximum Gasteiger partial charge on any atom is 0.167 e. The fourth-order valence-corrected chi connectivity index (χ4v) is 5.39. The number of aromatic nitrogens is 2. The zero-order valence-electron chi connectivity index (χ0n) is 18.9. The lowest BCUT2D eigenvalue weighted by Crippen LogP contribution is -2.28. The van der Waals surface area contributed by atoms with E-state index in [0.717, 1.165) is 47.0 Å². The van der Waals surface area contributed by atoms with Gasteiger partial charge < -0.3 is 5.73 Å². The van der Waals surface area contributed by atoms with Crippen LogP contribution in [0.2, 0.25) is 0 Å². The van der Waals surface area contributed by atoms with E-state index in [2.05, 4.69) is 45.5 Å². The van der Waals surface area contributed by atoms with Crippen molar-refractivity contribution < 1.29 is 4.79 Å². The molecule has 2 aliphatic rings. The van der Waals surface area contributed by atoms with Crippen molar-refractivity contribution in [3.8, 4) is 5.69 Å². The summed E-state index contributed by atoms with van der Waals surface area (Å²) in [5, 5.41) is 4.79. The Morgan fingerprint density at radius 1 is 1.23 bits per heavy atom. The first-order chi connectivity index (χ1) is 14.1. The molecule has 1 aromatic heterocycles. The predicted molar refractivity (Wildman–Crippen MR) is 123 cm³/mol. The monoisotopic (exact) mass is 405 g/mol.